The number of methoxy groups -OCH3 is 1. The molecule has 12 heavy (non-hydrogen) atoms. The fourth-order valence-corrected chi connectivity index (χ4v) is 1.20. The molecule has 5 heteroatoms. The first-order chi connectivity index (χ1) is 5.54. The van der Waals surface area contributed by atoms with Gasteiger partial charge >= 0.3 is 10.2 Å². The van der Waals surface area contributed by atoms with Crippen molar-refractivity contribution in [1.29, 1.82) is 0 Å². The largest absolute Gasteiger partial charge is 0.497 e. The molecule has 0 radical (unpaired) electrons. The van der Waals surface area contributed by atoms with E-state index < -0.39 is 10.2 Å². The van der Waals surface area contributed by atoms with Gasteiger partial charge in [0.2, 0.25) is 0 Å². The van der Waals surface area contributed by atoms with Gasteiger partial charge in [0.1, 0.15) is 5.75 Å². The maximum Gasteiger partial charge on any atom is 0.332 e. The number of benzene rings is 1. The highest BCUT2D eigenvalue weighted by molar-refractivity contribution is 7.86. The molecule has 0 aromatic heterocycles. The van der Waals surface area contributed by atoms with Crippen LogP contribution in [0.3, 0.4) is 0 Å². The van der Waals surface area contributed by atoms with Crippen molar-refractivity contribution < 1.29 is 17.0 Å². The van der Waals surface area contributed by atoms with Gasteiger partial charge < -0.3 is 4.74 Å². The molecule has 1 aromatic carbocycles. The Morgan fingerprint density at radius 3 is 2.08 bits per heavy atom. The van der Waals surface area contributed by atoms with E-state index in [4.69, 9.17) is 4.74 Å². The normalized spacial score (nSPS) is 11.2. The third-order valence-corrected chi connectivity index (χ3v) is 2.18. The predicted octanol–water partition coefficient (Wildman–Crippen LogP) is 1.35. The maximum atomic E-state index is 12.3. The summed E-state index contributed by atoms with van der Waals surface area (Å²) in [4.78, 5) is -0.358. The summed E-state index contributed by atoms with van der Waals surface area (Å²) in [5.41, 5.74) is 0. The van der Waals surface area contributed by atoms with Crippen LogP contribution >= 0.6 is 0 Å². The Labute approximate surface area is 70.0 Å². The Morgan fingerprint density at radius 1 is 1.25 bits per heavy atom. The van der Waals surface area contributed by atoms with E-state index in [1.165, 1.54) is 19.2 Å². The van der Waals surface area contributed by atoms with Crippen molar-refractivity contribution in [2.45, 2.75) is 4.90 Å². The van der Waals surface area contributed by atoms with Crippen molar-refractivity contribution in [2.75, 3.05) is 7.11 Å². The first kappa shape index (κ1) is 8.99. The zero-order chi connectivity index (χ0) is 9.19. The fourth-order valence-electron chi connectivity index (χ4n) is 0.738. The van der Waals surface area contributed by atoms with Crippen LogP contribution in [0.5, 0.6) is 5.75 Å². The highest BCUT2D eigenvalue weighted by atomic mass is 32.2. The Morgan fingerprint density at radius 2 is 1.75 bits per heavy atom. The zero-order valence-electron chi connectivity index (χ0n) is 6.32. The molecule has 0 aliphatic heterocycles. The molecule has 0 spiro atoms. The second kappa shape index (κ2) is 3.10. The summed E-state index contributed by atoms with van der Waals surface area (Å²) in [6, 6.07) is 5.06. The van der Waals surface area contributed by atoms with Crippen molar-refractivity contribution in [3.05, 3.63) is 24.3 Å². The van der Waals surface area contributed by atoms with E-state index in [1.54, 1.807) is 0 Å². The quantitative estimate of drug-likeness (QED) is 0.659. The predicted molar refractivity (Wildman–Crippen MR) is 41.3 cm³/mol. The first-order valence-electron chi connectivity index (χ1n) is 3.13. The minimum Gasteiger partial charge on any atom is -0.497 e. The summed E-state index contributed by atoms with van der Waals surface area (Å²) in [5.74, 6) is 0.488. The molecule has 1 rings (SSSR count). The number of hydrogen-bond acceptors (Lipinski definition) is 3. The lowest BCUT2D eigenvalue weighted by molar-refractivity contribution is 0.414. The molecular weight excluding hydrogens is 182 g/mol. The molecule has 0 amide bonds. The van der Waals surface area contributed by atoms with E-state index in [0.717, 1.165) is 12.1 Å². The van der Waals surface area contributed by atoms with Crippen LogP contribution in [-0.2, 0) is 10.2 Å². The lowest BCUT2D eigenvalue weighted by atomic mass is 10.3. The van der Waals surface area contributed by atoms with E-state index in [0.29, 0.717) is 5.75 Å². The van der Waals surface area contributed by atoms with Gasteiger partial charge in [0.15, 0.2) is 0 Å². The molecular formula is C7H7FO3S. The summed E-state index contributed by atoms with van der Waals surface area (Å²) < 4.78 is 37.7. The number of hydrogen-bond donors (Lipinski definition) is 0. The second-order valence-corrected chi connectivity index (χ2v) is 3.46. The fraction of sp³-hybridized carbons (Fsp3) is 0.143. The zero-order valence-corrected chi connectivity index (χ0v) is 7.14. The van der Waals surface area contributed by atoms with Gasteiger partial charge in [0.25, 0.3) is 0 Å². The van der Waals surface area contributed by atoms with E-state index in [9.17, 15) is 12.3 Å². The Balaban J connectivity index is 3.09. The van der Waals surface area contributed by atoms with Crippen molar-refractivity contribution in [2.24, 2.45) is 0 Å². The van der Waals surface area contributed by atoms with Gasteiger partial charge in [-0.3, -0.25) is 0 Å². The topological polar surface area (TPSA) is 43.4 Å². The summed E-state index contributed by atoms with van der Waals surface area (Å²) in [7, 11) is -3.14. The average Bonchev–Trinajstić information content (AvgIpc) is 2.03. The molecule has 0 aliphatic carbocycles. The Kier molecular flexibility index (Phi) is 2.32. The van der Waals surface area contributed by atoms with Crippen molar-refractivity contribution in [3.63, 3.8) is 0 Å². The minimum absolute atomic E-state index is 0.358. The van der Waals surface area contributed by atoms with Gasteiger partial charge in [-0.2, -0.15) is 8.42 Å². The molecule has 0 N–H and O–H groups in total. The van der Waals surface area contributed by atoms with Crippen LogP contribution in [-0.4, -0.2) is 15.5 Å². The summed E-state index contributed by atoms with van der Waals surface area (Å²) >= 11 is 0. The minimum atomic E-state index is -4.58. The molecule has 3 nitrogen and oxygen atoms in total. The smallest absolute Gasteiger partial charge is 0.332 e. The van der Waals surface area contributed by atoms with E-state index in [-0.39, 0.29) is 4.90 Å². The van der Waals surface area contributed by atoms with Gasteiger partial charge in [0.05, 0.1) is 12.0 Å². The monoisotopic (exact) mass is 189 g/mol. The van der Waals surface area contributed by atoms with Crippen LogP contribution < -0.4 is 4.74 Å². The highest BCUT2D eigenvalue weighted by Gasteiger charge is 2.10. The molecule has 0 bridgehead atoms. The number of ether oxygens (including phenoxy) is 1. The van der Waals surface area contributed by atoms with Crippen molar-refractivity contribution in [1.82, 2.24) is 0 Å². The van der Waals surface area contributed by atoms with Crippen LogP contribution in [0.25, 0.3) is 0 Å². The standard InChI is InChI=1S/C7H7FO3S/c1-11-6-2-4-7(5-3-6)12(8,9)10/h2-5H,1H3/i8-1. The molecule has 1 aromatic rings. The van der Waals surface area contributed by atoms with Crippen LogP contribution in [0.15, 0.2) is 29.2 Å². The van der Waals surface area contributed by atoms with Crippen molar-refractivity contribution in [3.8, 4) is 5.75 Å². The van der Waals surface area contributed by atoms with Gasteiger partial charge in [-0.05, 0) is 24.3 Å². The second-order valence-electron chi connectivity index (χ2n) is 2.11. The molecule has 66 valence electrons. The summed E-state index contributed by atoms with van der Waals surface area (Å²) in [6.45, 7) is 0. The summed E-state index contributed by atoms with van der Waals surface area (Å²) in [5, 5.41) is 0. The van der Waals surface area contributed by atoms with Gasteiger partial charge in [-0.1, -0.05) is 0 Å². The third kappa shape index (κ3) is 1.94. The van der Waals surface area contributed by atoms with Gasteiger partial charge in [-0.25, -0.2) is 0 Å². The average molecular weight is 189 g/mol. The molecule has 0 saturated carbocycles. The highest BCUT2D eigenvalue weighted by Crippen LogP contribution is 2.16. The van der Waals surface area contributed by atoms with E-state index in [2.05, 4.69) is 0 Å². The molecule has 0 heterocycles. The summed E-state index contributed by atoms with van der Waals surface area (Å²) in [6.07, 6.45) is 0. The van der Waals surface area contributed by atoms with Crippen LogP contribution in [0, 0.1) is 0 Å². The Bertz CT molecular complexity index is 355. The molecule has 0 saturated heterocycles. The first-order valence-corrected chi connectivity index (χ1v) is 4.51. The molecule has 0 unspecified atom stereocenters. The van der Waals surface area contributed by atoms with E-state index >= 15 is 0 Å². The lowest BCUT2D eigenvalue weighted by Gasteiger charge is -1.98. The number of halogens is 1. The van der Waals surface area contributed by atoms with Crippen LogP contribution in [0.1, 0.15) is 0 Å². The maximum absolute atomic E-state index is 12.3. The third-order valence-electron chi connectivity index (χ3n) is 1.34. The van der Waals surface area contributed by atoms with Gasteiger partial charge in [0, 0.05) is 0 Å². The molecule has 0 fully saturated rings. The molecule has 0 aliphatic rings. The van der Waals surface area contributed by atoms with Crippen LogP contribution in [0.2, 0.25) is 0 Å². The van der Waals surface area contributed by atoms with Crippen molar-refractivity contribution >= 4 is 10.2 Å². The SMILES string of the molecule is COc1ccc(S(=O)(=O)[18F])cc1. The van der Waals surface area contributed by atoms with Crippen LogP contribution in [0.4, 0.5) is 3.89 Å². The number of rotatable bonds is 2. The van der Waals surface area contributed by atoms with E-state index in [1.807, 2.05) is 0 Å². The van der Waals surface area contributed by atoms with Gasteiger partial charge in [-0.15, -0.1) is 3.89 Å². The Hall–Kier alpha value is -1.10. The molecule has 0 atom stereocenters. The lowest BCUT2D eigenvalue weighted by Crippen LogP contribution is -1.91.